The number of benzene rings is 2. The van der Waals surface area contributed by atoms with Crippen LogP contribution in [-0.4, -0.2) is 41.2 Å². The van der Waals surface area contributed by atoms with Crippen LogP contribution < -0.4 is 10.2 Å². The van der Waals surface area contributed by atoms with Gasteiger partial charge >= 0.3 is 0 Å². The molecule has 0 bridgehead atoms. The lowest BCUT2D eigenvalue weighted by atomic mass is 10.1. The van der Waals surface area contributed by atoms with Crippen LogP contribution in [0.15, 0.2) is 48.5 Å². The van der Waals surface area contributed by atoms with E-state index in [4.69, 9.17) is 0 Å². The third-order valence-electron chi connectivity index (χ3n) is 5.96. The lowest BCUT2D eigenvalue weighted by Gasteiger charge is -2.26. The van der Waals surface area contributed by atoms with Crippen LogP contribution in [0, 0.1) is 0 Å². The van der Waals surface area contributed by atoms with E-state index >= 15 is 0 Å². The van der Waals surface area contributed by atoms with Gasteiger partial charge in [0.15, 0.2) is 0 Å². The Balaban J connectivity index is 1.43. The monoisotopic (exact) mass is 389 g/mol. The number of carbonyl (C=O) groups excluding carboxylic acids is 3. The van der Waals surface area contributed by atoms with Crippen molar-refractivity contribution in [1.82, 2.24) is 10.2 Å². The van der Waals surface area contributed by atoms with Crippen LogP contribution in [-0.2, 0) is 11.3 Å². The fourth-order valence-corrected chi connectivity index (χ4v) is 4.21. The molecule has 1 saturated heterocycles. The van der Waals surface area contributed by atoms with Crippen molar-refractivity contribution in [3.63, 3.8) is 0 Å². The highest BCUT2D eigenvalue weighted by molar-refractivity contribution is 6.11. The summed E-state index contributed by atoms with van der Waals surface area (Å²) in [6, 6.07) is 14.6. The molecule has 0 radical (unpaired) electrons. The second kappa shape index (κ2) is 7.03. The molecule has 0 unspecified atom stereocenters. The van der Waals surface area contributed by atoms with Gasteiger partial charge in [-0.3, -0.25) is 14.4 Å². The lowest BCUT2D eigenvalue weighted by Crippen LogP contribution is -2.44. The largest absolute Gasteiger partial charge is 0.349 e. The minimum atomic E-state index is -0.390. The van der Waals surface area contributed by atoms with Gasteiger partial charge in [-0.2, -0.15) is 0 Å². The summed E-state index contributed by atoms with van der Waals surface area (Å²) in [5, 5.41) is 2.98. The third kappa shape index (κ3) is 3.28. The fourth-order valence-electron chi connectivity index (χ4n) is 4.21. The molecule has 5 rings (SSSR count). The molecule has 2 aliphatic heterocycles. The number of hydrogen-bond donors (Lipinski definition) is 1. The van der Waals surface area contributed by atoms with Crippen LogP contribution in [0.1, 0.15) is 52.0 Å². The summed E-state index contributed by atoms with van der Waals surface area (Å²) >= 11 is 0. The predicted molar refractivity (Wildman–Crippen MR) is 109 cm³/mol. The summed E-state index contributed by atoms with van der Waals surface area (Å²) < 4.78 is 0. The van der Waals surface area contributed by atoms with E-state index < -0.39 is 6.04 Å². The average Bonchev–Trinajstić information content (AvgIpc) is 3.43. The molecule has 3 aliphatic rings. The van der Waals surface area contributed by atoms with Crippen LogP contribution in [0.4, 0.5) is 5.69 Å². The van der Waals surface area contributed by atoms with Crippen molar-refractivity contribution in [3.8, 4) is 0 Å². The number of para-hydroxylation sites is 1. The molecule has 6 heteroatoms. The van der Waals surface area contributed by atoms with Gasteiger partial charge in [0, 0.05) is 18.2 Å². The van der Waals surface area contributed by atoms with E-state index in [1.807, 2.05) is 30.3 Å². The molecule has 0 spiro atoms. The molecule has 148 valence electrons. The molecule has 3 amide bonds. The van der Waals surface area contributed by atoms with Gasteiger partial charge in [0.05, 0.1) is 17.8 Å². The molecule has 6 nitrogen and oxygen atoms in total. The zero-order valence-electron chi connectivity index (χ0n) is 16.1. The molecular formula is C23H23N3O3. The van der Waals surface area contributed by atoms with E-state index in [0.29, 0.717) is 42.4 Å². The number of amides is 3. The van der Waals surface area contributed by atoms with Gasteiger partial charge in [-0.15, -0.1) is 0 Å². The summed E-state index contributed by atoms with van der Waals surface area (Å²) in [7, 11) is 0. The van der Waals surface area contributed by atoms with Gasteiger partial charge < -0.3 is 15.1 Å². The van der Waals surface area contributed by atoms with E-state index in [1.54, 1.807) is 28.0 Å². The quantitative estimate of drug-likeness (QED) is 0.874. The smallest absolute Gasteiger partial charge is 0.256 e. The van der Waals surface area contributed by atoms with Crippen molar-refractivity contribution >= 4 is 23.4 Å². The normalized spacial score (nSPS) is 20.9. The molecule has 1 saturated carbocycles. The lowest BCUT2D eigenvalue weighted by molar-refractivity contribution is -0.122. The number of fused-ring (bicyclic) bond motifs is 2. The maximum Gasteiger partial charge on any atom is 0.256 e. The van der Waals surface area contributed by atoms with Crippen LogP contribution in [0.2, 0.25) is 0 Å². The maximum atomic E-state index is 13.3. The first-order valence-corrected chi connectivity index (χ1v) is 10.2. The van der Waals surface area contributed by atoms with Crippen molar-refractivity contribution in [2.24, 2.45) is 0 Å². The van der Waals surface area contributed by atoms with Gasteiger partial charge in [-0.1, -0.05) is 24.3 Å². The van der Waals surface area contributed by atoms with E-state index in [9.17, 15) is 14.4 Å². The second-order valence-corrected chi connectivity index (χ2v) is 8.04. The molecule has 2 heterocycles. The van der Waals surface area contributed by atoms with Gasteiger partial charge in [0.2, 0.25) is 5.91 Å². The van der Waals surface area contributed by atoms with Crippen molar-refractivity contribution in [2.45, 2.75) is 44.3 Å². The minimum Gasteiger partial charge on any atom is -0.349 e. The highest BCUT2D eigenvalue weighted by Gasteiger charge is 2.41. The first-order valence-electron chi connectivity index (χ1n) is 10.2. The summed E-state index contributed by atoms with van der Waals surface area (Å²) in [6.45, 7) is 1.00. The third-order valence-corrected chi connectivity index (χ3v) is 5.96. The van der Waals surface area contributed by atoms with Gasteiger partial charge in [0.1, 0.15) is 6.04 Å². The summed E-state index contributed by atoms with van der Waals surface area (Å²) in [6.07, 6.45) is 3.66. The van der Waals surface area contributed by atoms with E-state index in [0.717, 1.165) is 24.8 Å². The van der Waals surface area contributed by atoms with Crippen LogP contribution in [0.5, 0.6) is 0 Å². The number of carbonyl (C=O) groups is 3. The Kier molecular flexibility index (Phi) is 4.34. The molecule has 1 atom stereocenters. The standard InChI is InChI=1S/C23H23N3O3/c27-21(24-17-11-12-17)16-9-7-15(8-10-16)14-26-19-5-2-1-4-18(19)22(28)25-13-3-6-20(25)23(26)29/h1-2,4-5,7-10,17,20H,3,6,11-14H2,(H,24,27)/t20-/m0/s1. The average molecular weight is 389 g/mol. The Morgan fingerprint density at radius 1 is 1.00 bits per heavy atom. The fraction of sp³-hybridized carbons (Fsp3) is 0.348. The van der Waals surface area contributed by atoms with Crippen molar-refractivity contribution in [2.75, 3.05) is 11.4 Å². The molecule has 29 heavy (non-hydrogen) atoms. The highest BCUT2D eigenvalue weighted by atomic mass is 16.2. The minimum absolute atomic E-state index is 0.0312. The molecule has 1 aliphatic carbocycles. The zero-order valence-corrected chi connectivity index (χ0v) is 16.1. The van der Waals surface area contributed by atoms with Crippen molar-refractivity contribution in [1.29, 1.82) is 0 Å². The zero-order chi connectivity index (χ0) is 20.0. The summed E-state index contributed by atoms with van der Waals surface area (Å²) in [5.41, 5.74) is 2.79. The summed E-state index contributed by atoms with van der Waals surface area (Å²) in [4.78, 5) is 41.9. The van der Waals surface area contributed by atoms with Gasteiger partial charge in [-0.05, 0) is 55.5 Å². The van der Waals surface area contributed by atoms with E-state index in [2.05, 4.69) is 5.32 Å². The number of anilines is 1. The first-order chi connectivity index (χ1) is 14.1. The Hall–Kier alpha value is -3.15. The van der Waals surface area contributed by atoms with Gasteiger partial charge in [0.25, 0.3) is 11.8 Å². The summed E-state index contributed by atoms with van der Waals surface area (Å²) in [5.74, 6) is -0.148. The Morgan fingerprint density at radius 3 is 2.52 bits per heavy atom. The molecule has 2 aromatic rings. The van der Waals surface area contributed by atoms with Crippen molar-refractivity contribution in [3.05, 3.63) is 65.2 Å². The number of hydrogen-bond acceptors (Lipinski definition) is 3. The number of nitrogens with one attached hydrogen (secondary N) is 1. The first kappa shape index (κ1) is 17.9. The number of rotatable bonds is 4. The van der Waals surface area contributed by atoms with Crippen LogP contribution in [0.25, 0.3) is 0 Å². The van der Waals surface area contributed by atoms with Crippen LogP contribution in [0.3, 0.4) is 0 Å². The molecule has 2 fully saturated rings. The second-order valence-electron chi connectivity index (χ2n) is 8.04. The number of nitrogens with zero attached hydrogens (tertiary/aromatic N) is 2. The van der Waals surface area contributed by atoms with Crippen molar-refractivity contribution < 1.29 is 14.4 Å². The molecule has 0 aromatic heterocycles. The SMILES string of the molecule is O=C(NC1CC1)c1ccc(CN2C(=O)[C@@H]3CCCN3C(=O)c3ccccc32)cc1. The predicted octanol–water partition coefficient (Wildman–Crippen LogP) is 2.73. The maximum absolute atomic E-state index is 13.3. The molecular weight excluding hydrogens is 366 g/mol. The molecule has 2 aromatic carbocycles. The Morgan fingerprint density at radius 2 is 1.76 bits per heavy atom. The topological polar surface area (TPSA) is 69.7 Å². The van der Waals surface area contributed by atoms with Gasteiger partial charge in [-0.25, -0.2) is 0 Å². The van der Waals surface area contributed by atoms with Crippen LogP contribution >= 0.6 is 0 Å². The van der Waals surface area contributed by atoms with E-state index in [-0.39, 0.29) is 17.7 Å². The Bertz CT molecular complexity index is 981. The highest BCUT2D eigenvalue weighted by Crippen LogP contribution is 2.33. The van der Waals surface area contributed by atoms with E-state index in [1.165, 1.54) is 0 Å². The molecule has 1 N–H and O–H groups in total. The Labute approximate surface area is 169 Å².